The normalized spacial score (nSPS) is 22.1. The van der Waals surface area contributed by atoms with E-state index in [4.69, 9.17) is 5.73 Å². The van der Waals surface area contributed by atoms with Crippen molar-refractivity contribution < 1.29 is 0 Å². The number of aryl methyl sites for hydroxylation is 1. The molecule has 1 aliphatic rings. The number of imidazole rings is 2. The highest BCUT2D eigenvalue weighted by Gasteiger charge is 2.21. The van der Waals surface area contributed by atoms with Gasteiger partial charge < -0.3 is 15.3 Å². The molecule has 0 bridgehead atoms. The lowest BCUT2D eigenvalue weighted by Crippen LogP contribution is -2.29. The van der Waals surface area contributed by atoms with Crippen molar-refractivity contribution in [1.82, 2.24) is 19.5 Å². The van der Waals surface area contributed by atoms with E-state index in [2.05, 4.69) is 32.6 Å². The Bertz CT molecular complexity index is 585. The zero-order chi connectivity index (χ0) is 15.4. The van der Waals surface area contributed by atoms with Crippen molar-refractivity contribution in [2.24, 2.45) is 11.7 Å². The molecule has 2 aromatic rings. The minimum Gasteiger partial charge on any atom is -0.339 e. The predicted molar refractivity (Wildman–Crippen MR) is 88.4 cm³/mol. The Hall–Kier alpha value is -1.62. The zero-order valence-corrected chi connectivity index (χ0v) is 13.5. The predicted octanol–water partition coefficient (Wildman–Crippen LogP) is 3.13. The number of hydrogen-bond acceptors (Lipinski definition) is 3. The Balaban J connectivity index is 1.70. The maximum Gasteiger partial charge on any atom is 0.158 e. The van der Waals surface area contributed by atoms with Crippen LogP contribution in [-0.4, -0.2) is 25.6 Å². The molecule has 1 saturated carbocycles. The fourth-order valence-electron chi connectivity index (χ4n) is 3.42. The van der Waals surface area contributed by atoms with E-state index in [-0.39, 0.29) is 0 Å². The maximum atomic E-state index is 6.11. The highest BCUT2D eigenvalue weighted by Crippen LogP contribution is 2.26. The van der Waals surface area contributed by atoms with Gasteiger partial charge in [-0.05, 0) is 31.6 Å². The lowest BCUT2D eigenvalue weighted by molar-refractivity contribution is 0.291. The molecule has 0 aliphatic heterocycles. The molecule has 0 aromatic carbocycles. The molecular formula is C17H27N5. The number of aromatic nitrogens is 4. The molecule has 5 nitrogen and oxygen atoms in total. The summed E-state index contributed by atoms with van der Waals surface area (Å²) < 4.78 is 2.25. The van der Waals surface area contributed by atoms with Crippen LogP contribution in [0, 0.1) is 5.92 Å². The molecule has 0 saturated heterocycles. The number of H-pyrrole nitrogens is 1. The standard InChI is InChI=1S/C17H27N5/c1-2-3-7-16-20-11-15(21-16)17-19-8-9-22(17)12-13-5-4-6-14(18)10-13/h8-9,11,13-14H,2-7,10,12,18H2,1H3,(H,20,21)/t13-,14+/m0/s1. The fraction of sp³-hybridized carbons (Fsp3) is 0.647. The summed E-state index contributed by atoms with van der Waals surface area (Å²) >= 11 is 0. The zero-order valence-electron chi connectivity index (χ0n) is 13.5. The van der Waals surface area contributed by atoms with Gasteiger partial charge in [0.25, 0.3) is 0 Å². The first kappa shape index (κ1) is 15.3. The van der Waals surface area contributed by atoms with Crippen LogP contribution in [0.2, 0.25) is 0 Å². The Labute approximate surface area is 132 Å². The molecule has 120 valence electrons. The molecule has 3 N–H and O–H groups in total. The van der Waals surface area contributed by atoms with E-state index < -0.39 is 0 Å². The molecule has 1 fully saturated rings. The Morgan fingerprint density at radius 1 is 1.36 bits per heavy atom. The van der Waals surface area contributed by atoms with E-state index in [1.165, 1.54) is 32.1 Å². The smallest absolute Gasteiger partial charge is 0.158 e. The van der Waals surface area contributed by atoms with Gasteiger partial charge in [-0.1, -0.05) is 19.8 Å². The highest BCUT2D eigenvalue weighted by atomic mass is 15.1. The first-order valence-corrected chi connectivity index (χ1v) is 8.57. The third-order valence-electron chi connectivity index (χ3n) is 4.63. The van der Waals surface area contributed by atoms with Crippen molar-refractivity contribution in [3.05, 3.63) is 24.4 Å². The second kappa shape index (κ2) is 7.09. The van der Waals surface area contributed by atoms with Gasteiger partial charge in [-0.25, -0.2) is 9.97 Å². The summed E-state index contributed by atoms with van der Waals surface area (Å²) in [5, 5.41) is 0. The molecule has 3 rings (SSSR count). The van der Waals surface area contributed by atoms with E-state index in [0.717, 1.165) is 36.7 Å². The summed E-state index contributed by atoms with van der Waals surface area (Å²) in [5.41, 5.74) is 7.14. The van der Waals surface area contributed by atoms with Crippen LogP contribution in [0.25, 0.3) is 11.5 Å². The van der Waals surface area contributed by atoms with Crippen LogP contribution in [0.4, 0.5) is 0 Å². The summed E-state index contributed by atoms with van der Waals surface area (Å²) in [6.07, 6.45) is 14.1. The average molecular weight is 301 g/mol. The molecule has 2 aromatic heterocycles. The van der Waals surface area contributed by atoms with Gasteiger partial charge in [0.05, 0.1) is 6.20 Å². The maximum absolute atomic E-state index is 6.11. The van der Waals surface area contributed by atoms with Crippen LogP contribution in [0.3, 0.4) is 0 Å². The summed E-state index contributed by atoms with van der Waals surface area (Å²) in [4.78, 5) is 12.4. The Morgan fingerprint density at radius 3 is 3.09 bits per heavy atom. The fourth-order valence-corrected chi connectivity index (χ4v) is 3.42. The van der Waals surface area contributed by atoms with E-state index in [9.17, 15) is 0 Å². The van der Waals surface area contributed by atoms with Gasteiger partial charge in [-0.2, -0.15) is 0 Å². The van der Waals surface area contributed by atoms with Gasteiger partial charge in [0, 0.05) is 31.4 Å². The molecule has 2 atom stereocenters. The number of nitrogens with two attached hydrogens (primary N) is 1. The summed E-state index contributed by atoms with van der Waals surface area (Å²) in [6, 6.07) is 0.374. The minimum absolute atomic E-state index is 0.374. The van der Waals surface area contributed by atoms with Gasteiger partial charge in [0.2, 0.25) is 0 Å². The topological polar surface area (TPSA) is 72.5 Å². The molecule has 5 heteroatoms. The van der Waals surface area contributed by atoms with E-state index >= 15 is 0 Å². The molecule has 0 amide bonds. The van der Waals surface area contributed by atoms with Crippen LogP contribution in [0.15, 0.2) is 18.6 Å². The number of aromatic amines is 1. The average Bonchev–Trinajstić information content (AvgIpc) is 3.14. The molecule has 0 spiro atoms. The van der Waals surface area contributed by atoms with Crippen molar-refractivity contribution in [2.75, 3.05) is 0 Å². The molecule has 0 unspecified atom stereocenters. The van der Waals surface area contributed by atoms with Crippen molar-refractivity contribution in [3.8, 4) is 11.5 Å². The number of unbranched alkanes of at least 4 members (excludes halogenated alkanes) is 1. The molecule has 22 heavy (non-hydrogen) atoms. The Kier molecular flexibility index (Phi) is 4.93. The second-order valence-electron chi connectivity index (χ2n) is 6.54. The van der Waals surface area contributed by atoms with Gasteiger partial charge in [0.1, 0.15) is 11.5 Å². The van der Waals surface area contributed by atoms with Crippen molar-refractivity contribution in [2.45, 2.75) is 64.5 Å². The first-order valence-electron chi connectivity index (χ1n) is 8.57. The van der Waals surface area contributed by atoms with Crippen molar-refractivity contribution in [1.29, 1.82) is 0 Å². The van der Waals surface area contributed by atoms with Gasteiger partial charge in [-0.3, -0.25) is 0 Å². The van der Waals surface area contributed by atoms with Crippen LogP contribution >= 0.6 is 0 Å². The number of nitrogens with zero attached hydrogens (tertiary/aromatic N) is 3. The molecule has 1 aliphatic carbocycles. The monoisotopic (exact) mass is 301 g/mol. The summed E-state index contributed by atoms with van der Waals surface area (Å²) in [7, 11) is 0. The van der Waals surface area contributed by atoms with Gasteiger partial charge in [0.15, 0.2) is 5.82 Å². The van der Waals surface area contributed by atoms with E-state index in [1.54, 1.807) is 0 Å². The highest BCUT2D eigenvalue weighted by molar-refractivity contribution is 5.48. The number of nitrogens with one attached hydrogen (secondary N) is 1. The largest absolute Gasteiger partial charge is 0.339 e. The van der Waals surface area contributed by atoms with Crippen molar-refractivity contribution in [3.63, 3.8) is 0 Å². The molecule has 2 heterocycles. The third kappa shape index (κ3) is 3.58. The first-order chi connectivity index (χ1) is 10.8. The number of rotatable bonds is 6. The van der Waals surface area contributed by atoms with Crippen LogP contribution in [0.1, 0.15) is 51.3 Å². The van der Waals surface area contributed by atoms with Crippen LogP contribution in [0.5, 0.6) is 0 Å². The second-order valence-corrected chi connectivity index (χ2v) is 6.54. The van der Waals surface area contributed by atoms with Crippen LogP contribution < -0.4 is 5.73 Å². The van der Waals surface area contributed by atoms with Gasteiger partial charge in [-0.15, -0.1) is 0 Å². The van der Waals surface area contributed by atoms with E-state index in [1.807, 2.05) is 12.4 Å². The van der Waals surface area contributed by atoms with E-state index in [0.29, 0.717) is 12.0 Å². The summed E-state index contributed by atoms with van der Waals surface area (Å²) in [5.74, 6) is 2.72. The number of hydrogen-bond donors (Lipinski definition) is 2. The Morgan fingerprint density at radius 2 is 2.27 bits per heavy atom. The van der Waals surface area contributed by atoms with Gasteiger partial charge >= 0.3 is 0 Å². The quantitative estimate of drug-likeness (QED) is 0.861. The SMILES string of the molecule is CCCCc1ncc(-c2nccn2C[C@H]2CCC[C@@H](N)C2)[nH]1. The van der Waals surface area contributed by atoms with Crippen molar-refractivity contribution >= 4 is 0 Å². The van der Waals surface area contributed by atoms with Crippen LogP contribution in [-0.2, 0) is 13.0 Å². The molecule has 0 radical (unpaired) electrons. The minimum atomic E-state index is 0.374. The lowest BCUT2D eigenvalue weighted by Gasteiger charge is -2.27. The third-order valence-corrected chi connectivity index (χ3v) is 4.63. The lowest BCUT2D eigenvalue weighted by atomic mass is 9.86. The molecular weight excluding hydrogens is 274 g/mol. The summed E-state index contributed by atoms with van der Waals surface area (Å²) in [6.45, 7) is 3.21.